The molecule has 9 heteroatoms. The van der Waals surface area contributed by atoms with Crippen molar-refractivity contribution in [1.29, 1.82) is 0 Å². The monoisotopic (exact) mass is 469 g/mol. The van der Waals surface area contributed by atoms with Gasteiger partial charge in [-0.05, 0) is 64.8 Å². The van der Waals surface area contributed by atoms with E-state index < -0.39 is 15.5 Å². The number of carbonyl (C=O) groups excluding carboxylic acids is 1. The summed E-state index contributed by atoms with van der Waals surface area (Å²) < 4.78 is 18.3. The van der Waals surface area contributed by atoms with Crippen molar-refractivity contribution in [1.82, 2.24) is 15.3 Å². The highest BCUT2D eigenvalue weighted by atomic mass is 32.2. The maximum atomic E-state index is 13.2. The number of morpholine rings is 1. The summed E-state index contributed by atoms with van der Waals surface area (Å²) in [5.41, 5.74) is 3.42. The van der Waals surface area contributed by atoms with Crippen molar-refractivity contribution in [2.75, 3.05) is 30.0 Å². The molecule has 3 atom stereocenters. The van der Waals surface area contributed by atoms with E-state index in [9.17, 15) is 9.00 Å². The van der Waals surface area contributed by atoms with Gasteiger partial charge in [0.2, 0.25) is 0 Å². The number of anilines is 2. The molecule has 0 bridgehead atoms. The normalized spacial score (nSPS) is 26.1. The molecule has 2 amide bonds. The van der Waals surface area contributed by atoms with Crippen LogP contribution in [0.25, 0.3) is 11.4 Å². The number of fused-ring (bicyclic) bond motifs is 1. The molecule has 0 radical (unpaired) electrons. The lowest BCUT2D eigenvalue weighted by Gasteiger charge is -2.36. The number of hydrogen-bond acceptors (Lipinski definition) is 6. The second-order valence-corrected chi connectivity index (χ2v) is 12.0. The van der Waals surface area contributed by atoms with Crippen LogP contribution >= 0.6 is 0 Å². The standard InChI is InChI=1S/C24H31N5O3S/c1-14-13-32-12-11-29(14)22-19-15(2)33(31)24(3,4)20(19)27-21(28-22)16-5-7-17(8-6-16)25-23(30)26-18-9-10-18/h5-8,14-15,18H,9-13H2,1-4H3,(H2,25,26,30). The summed E-state index contributed by atoms with van der Waals surface area (Å²) in [7, 11) is -1.09. The third-order valence-corrected chi connectivity index (χ3v) is 8.76. The largest absolute Gasteiger partial charge is 0.377 e. The Kier molecular flexibility index (Phi) is 5.64. The number of benzene rings is 1. The highest BCUT2D eigenvalue weighted by molar-refractivity contribution is 7.86. The number of aromatic nitrogens is 2. The molecule has 5 rings (SSSR count). The molecule has 1 aromatic heterocycles. The van der Waals surface area contributed by atoms with Crippen molar-refractivity contribution in [2.45, 2.75) is 62.6 Å². The molecular weight excluding hydrogens is 438 g/mol. The number of nitrogens with one attached hydrogen (secondary N) is 2. The Bertz CT molecular complexity index is 1100. The van der Waals surface area contributed by atoms with Crippen LogP contribution in [0.15, 0.2) is 24.3 Å². The van der Waals surface area contributed by atoms with Gasteiger partial charge < -0.3 is 20.3 Å². The highest BCUT2D eigenvalue weighted by Crippen LogP contribution is 2.49. The first-order chi connectivity index (χ1) is 15.8. The first-order valence-electron chi connectivity index (χ1n) is 11.6. The van der Waals surface area contributed by atoms with Gasteiger partial charge in [-0.3, -0.25) is 4.21 Å². The maximum absolute atomic E-state index is 13.2. The number of hydrogen-bond donors (Lipinski definition) is 2. The number of urea groups is 1. The quantitative estimate of drug-likeness (QED) is 0.709. The Morgan fingerprint density at radius 1 is 1.18 bits per heavy atom. The molecule has 2 aromatic rings. The van der Waals surface area contributed by atoms with Crippen LogP contribution in [0.4, 0.5) is 16.3 Å². The van der Waals surface area contributed by atoms with Gasteiger partial charge in [0.15, 0.2) is 5.82 Å². The van der Waals surface area contributed by atoms with E-state index in [-0.39, 0.29) is 17.3 Å². The molecule has 3 unspecified atom stereocenters. The zero-order valence-electron chi connectivity index (χ0n) is 19.6. The predicted octanol–water partition coefficient (Wildman–Crippen LogP) is 3.71. The molecule has 1 aromatic carbocycles. The van der Waals surface area contributed by atoms with Gasteiger partial charge >= 0.3 is 6.03 Å². The van der Waals surface area contributed by atoms with E-state index in [0.717, 1.165) is 47.7 Å². The Morgan fingerprint density at radius 2 is 1.91 bits per heavy atom. The van der Waals surface area contributed by atoms with Gasteiger partial charge in [0, 0.05) is 40.2 Å². The average Bonchev–Trinajstić information content (AvgIpc) is 3.59. The number of ether oxygens (including phenoxy) is 1. The summed E-state index contributed by atoms with van der Waals surface area (Å²) in [6, 6.07) is 7.86. The fourth-order valence-electron chi connectivity index (χ4n) is 4.61. The number of amides is 2. The van der Waals surface area contributed by atoms with E-state index >= 15 is 0 Å². The van der Waals surface area contributed by atoms with Crippen molar-refractivity contribution >= 4 is 28.3 Å². The van der Waals surface area contributed by atoms with Gasteiger partial charge in [-0.1, -0.05) is 0 Å². The van der Waals surface area contributed by atoms with E-state index in [2.05, 4.69) is 22.5 Å². The molecule has 1 saturated carbocycles. The van der Waals surface area contributed by atoms with Crippen molar-refractivity contribution in [3.63, 3.8) is 0 Å². The van der Waals surface area contributed by atoms with E-state index in [4.69, 9.17) is 14.7 Å². The summed E-state index contributed by atoms with van der Waals surface area (Å²) >= 11 is 0. The summed E-state index contributed by atoms with van der Waals surface area (Å²) in [4.78, 5) is 24.2. The Morgan fingerprint density at radius 3 is 2.58 bits per heavy atom. The van der Waals surface area contributed by atoms with Crippen molar-refractivity contribution < 1.29 is 13.7 Å². The average molecular weight is 470 g/mol. The van der Waals surface area contributed by atoms with Crippen molar-refractivity contribution in [3.8, 4) is 11.4 Å². The minimum Gasteiger partial charge on any atom is -0.377 e. The first-order valence-corrected chi connectivity index (χ1v) is 12.8. The van der Waals surface area contributed by atoms with Crippen LogP contribution in [0.5, 0.6) is 0 Å². The van der Waals surface area contributed by atoms with E-state index in [1.165, 1.54) is 0 Å². The van der Waals surface area contributed by atoms with Gasteiger partial charge in [-0.25, -0.2) is 14.8 Å². The summed E-state index contributed by atoms with van der Waals surface area (Å²) in [6.45, 7) is 10.2. The van der Waals surface area contributed by atoms with Crippen LogP contribution in [0.3, 0.4) is 0 Å². The van der Waals surface area contributed by atoms with Crippen LogP contribution in [0, 0.1) is 0 Å². The molecule has 2 aliphatic heterocycles. The zero-order valence-corrected chi connectivity index (χ0v) is 20.4. The van der Waals surface area contributed by atoms with Crippen LogP contribution in [-0.2, 0) is 20.3 Å². The molecule has 176 valence electrons. The predicted molar refractivity (Wildman–Crippen MR) is 130 cm³/mol. The molecule has 2 N–H and O–H groups in total. The summed E-state index contributed by atoms with van der Waals surface area (Å²) in [5.74, 6) is 1.47. The Hall–Kier alpha value is -2.52. The molecule has 1 saturated heterocycles. The maximum Gasteiger partial charge on any atom is 0.319 e. The summed E-state index contributed by atoms with van der Waals surface area (Å²) in [6.07, 6.45) is 2.09. The molecule has 0 spiro atoms. The molecule has 2 fully saturated rings. The smallest absolute Gasteiger partial charge is 0.319 e. The van der Waals surface area contributed by atoms with E-state index in [0.29, 0.717) is 25.1 Å². The molecule has 8 nitrogen and oxygen atoms in total. The number of nitrogens with zero attached hydrogens (tertiary/aromatic N) is 3. The lowest BCUT2D eigenvalue weighted by atomic mass is 10.0. The second kappa shape index (κ2) is 8.36. The Balaban J connectivity index is 1.51. The fourth-order valence-corrected chi connectivity index (χ4v) is 6.27. The lowest BCUT2D eigenvalue weighted by molar-refractivity contribution is 0.0984. The van der Waals surface area contributed by atoms with Gasteiger partial charge in [-0.2, -0.15) is 0 Å². The number of carbonyl (C=O) groups is 1. The zero-order chi connectivity index (χ0) is 23.3. The van der Waals surface area contributed by atoms with Crippen molar-refractivity contribution in [3.05, 3.63) is 35.5 Å². The Labute approximate surface area is 197 Å². The number of rotatable bonds is 4. The third-order valence-electron chi connectivity index (χ3n) is 6.68. The topological polar surface area (TPSA) is 96.4 Å². The van der Waals surface area contributed by atoms with E-state index in [1.54, 1.807) is 0 Å². The van der Waals surface area contributed by atoms with Crippen molar-refractivity contribution in [2.24, 2.45) is 0 Å². The third kappa shape index (κ3) is 4.12. The highest BCUT2D eigenvalue weighted by Gasteiger charge is 2.47. The van der Waals surface area contributed by atoms with Gasteiger partial charge in [0.1, 0.15) is 5.82 Å². The van der Waals surface area contributed by atoms with Crippen LogP contribution in [0.1, 0.15) is 57.0 Å². The van der Waals surface area contributed by atoms with Crippen LogP contribution in [-0.4, -0.2) is 52.1 Å². The summed E-state index contributed by atoms with van der Waals surface area (Å²) in [5, 5.41) is 5.66. The van der Waals surface area contributed by atoms with Gasteiger partial charge in [-0.15, -0.1) is 0 Å². The van der Waals surface area contributed by atoms with E-state index in [1.807, 2.05) is 45.0 Å². The molecule has 1 aliphatic carbocycles. The second-order valence-electron chi connectivity index (χ2n) is 9.65. The minimum absolute atomic E-state index is 0.134. The minimum atomic E-state index is -1.09. The first kappa shape index (κ1) is 22.3. The molecule has 3 aliphatic rings. The van der Waals surface area contributed by atoms with Gasteiger partial charge in [0.25, 0.3) is 0 Å². The molecular formula is C24H31N5O3S. The SMILES string of the molecule is CC1COCCN1c1nc(-c2ccc(NC(=O)NC3CC3)cc2)nc2c1C(C)S(=O)C2(C)C. The lowest BCUT2D eigenvalue weighted by Crippen LogP contribution is -2.44. The van der Waals surface area contributed by atoms with Crippen LogP contribution < -0.4 is 15.5 Å². The molecule has 3 heterocycles. The fraction of sp³-hybridized carbons (Fsp3) is 0.542. The molecule has 33 heavy (non-hydrogen) atoms. The van der Waals surface area contributed by atoms with Crippen LogP contribution in [0.2, 0.25) is 0 Å². The van der Waals surface area contributed by atoms with Gasteiger partial charge in [0.05, 0.1) is 34.9 Å².